The van der Waals surface area contributed by atoms with Crippen LogP contribution in [-0.2, 0) is 4.79 Å². The predicted molar refractivity (Wildman–Crippen MR) is 51.2 cm³/mol. The van der Waals surface area contributed by atoms with Gasteiger partial charge in [-0.05, 0) is 38.1 Å². The number of hydrogen-bond donors (Lipinski definition) is 0. The molecule has 0 saturated carbocycles. The Morgan fingerprint density at radius 2 is 1.80 bits per heavy atom. The van der Waals surface area contributed by atoms with E-state index in [1.54, 1.807) is 24.3 Å². The number of aliphatic carboxylic acids is 1. The monoisotopic (exact) mass is 236 g/mol. The molecule has 3 nitrogen and oxygen atoms in total. The largest absolute Gasteiger partial charge is 1.00 e. The molecule has 0 aliphatic rings. The third kappa shape index (κ3) is 4.43. The van der Waals surface area contributed by atoms with Crippen molar-refractivity contribution in [3.8, 4) is 5.75 Å². The zero-order valence-corrected chi connectivity index (χ0v) is 11.7. The maximum absolute atomic E-state index is 10.6. The smallest absolute Gasteiger partial charge is 0.546 e. The average Bonchev–Trinajstić information content (AvgIpc) is 2.08. The van der Waals surface area contributed by atoms with Gasteiger partial charge in [-0.3, -0.25) is 0 Å². The molecule has 0 heterocycles. The van der Waals surface area contributed by atoms with Crippen LogP contribution in [0, 0.1) is 0 Å². The quantitative estimate of drug-likeness (QED) is 0.585. The number of carboxylic acid groups (broad SMARTS) is 1. The van der Waals surface area contributed by atoms with Crippen molar-refractivity contribution in [3.63, 3.8) is 0 Å². The summed E-state index contributed by atoms with van der Waals surface area (Å²) in [5.41, 5.74) is -1.34. The van der Waals surface area contributed by atoms with Gasteiger partial charge in [0.25, 0.3) is 0 Å². The fourth-order valence-electron chi connectivity index (χ4n) is 0.839. The third-order valence-corrected chi connectivity index (χ3v) is 1.93. The van der Waals surface area contributed by atoms with Crippen LogP contribution >= 0.6 is 11.6 Å². The summed E-state index contributed by atoms with van der Waals surface area (Å²) in [5, 5.41) is 11.2. The van der Waals surface area contributed by atoms with Crippen molar-refractivity contribution in [2.24, 2.45) is 0 Å². The van der Waals surface area contributed by atoms with Crippen LogP contribution in [0.4, 0.5) is 0 Å². The topological polar surface area (TPSA) is 49.4 Å². The van der Waals surface area contributed by atoms with E-state index in [0.717, 1.165) is 0 Å². The second kappa shape index (κ2) is 5.75. The fraction of sp³-hybridized carbons (Fsp3) is 0.300. The van der Waals surface area contributed by atoms with Crippen molar-refractivity contribution in [2.75, 3.05) is 0 Å². The predicted octanol–water partition coefficient (Wildman–Crippen LogP) is -1.75. The molecule has 0 fully saturated rings. The molecule has 76 valence electrons. The van der Waals surface area contributed by atoms with E-state index in [9.17, 15) is 9.90 Å². The van der Waals surface area contributed by atoms with E-state index >= 15 is 0 Å². The molecule has 1 aromatic rings. The van der Waals surface area contributed by atoms with Gasteiger partial charge in [-0.15, -0.1) is 0 Å². The minimum atomic E-state index is -1.34. The van der Waals surface area contributed by atoms with E-state index in [0.29, 0.717) is 10.8 Å². The van der Waals surface area contributed by atoms with Crippen LogP contribution in [0.25, 0.3) is 0 Å². The first-order chi connectivity index (χ1) is 6.42. The van der Waals surface area contributed by atoms with Crippen LogP contribution < -0.4 is 39.4 Å². The summed E-state index contributed by atoms with van der Waals surface area (Å²) < 4.78 is 5.20. The molecule has 0 aliphatic heterocycles. The van der Waals surface area contributed by atoms with Gasteiger partial charge in [0, 0.05) is 5.02 Å². The van der Waals surface area contributed by atoms with E-state index in [4.69, 9.17) is 16.3 Å². The van der Waals surface area contributed by atoms with E-state index < -0.39 is 11.6 Å². The number of benzene rings is 1. The summed E-state index contributed by atoms with van der Waals surface area (Å²) in [6.45, 7) is 2.86. The molecule has 0 aromatic heterocycles. The normalized spacial score (nSPS) is 10.3. The van der Waals surface area contributed by atoms with Crippen molar-refractivity contribution >= 4 is 17.6 Å². The van der Waals surface area contributed by atoms with E-state index in [1.165, 1.54) is 13.8 Å². The Morgan fingerprint density at radius 3 is 2.20 bits per heavy atom. The molecular weight excluding hydrogens is 227 g/mol. The Hall–Kier alpha value is -0.220. The van der Waals surface area contributed by atoms with Gasteiger partial charge in [0.1, 0.15) is 11.4 Å². The third-order valence-electron chi connectivity index (χ3n) is 1.68. The molecule has 0 unspecified atom stereocenters. The molecule has 0 spiro atoms. The number of hydrogen-bond acceptors (Lipinski definition) is 3. The molecule has 0 bridgehead atoms. The van der Waals surface area contributed by atoms with Crippen molar-refractivity contribution < 1.29 is 44.2 Å². The Kier molecular flexibility index (Phi) is 5.67. The first-order valence-corrected chi connectivity index (χ1v) is 4.45. The van der Waals surface area contributed by atoms with Crippen LogP contribution in [0.2, 0.25) is 5.02 Å². The first-order valence-electron chi connectivity index (χ1n) is 4.08. The number of carbonyl (C=O) groups excluding carboxylic acids is 1. The number of halogens is 1. The van der Waals surface area contributed by atoms with Gasteiger partial charge in [0.2, 0.25) is 0 Å². The number of carboxylic acids is 1. The average molecular weight is 237 g/mol. The molecule has 15 heavy (non-hydrogen) atoms. The van der Waals surface area contributed by atoms with Crippen LogP contribution in [0.5, 0.6) is 5.75 Å². The van der Waals surface area contributed by atoms with Gasteiger partial charge >= 0.3 is 29.6 Å². The van der Waals surface area contributed by atoms with Crippen molar-refractivity contribution in [3.05, 3.63) is 29.3 Å². The number of rotatable bonds is 3. The van der Waals surface area contributed by atoms with Gasteiger partial charge in [0.15, 0.2) is 0 Å². The van der Waals surface area contributed by atoms with Gasteiger partial charge < -0.3 is 14.6 Å². The minimum absolute atomic E-state index is 0. The molecule has 0 aliphatic carbocycles. The molecule has 5 heteroatoms. The minimum Gasteiger partial charge on any atom is -0.546 e. The Labute approximate surface area is 116 Å². The SMILES string of the molecule is CC(C)(Oc1ccc(Cl)cc1)C(=O)[O-].[Na+]. The van der Waals surface area contributed by atoms with Gasteiger partial charge in [-0.25, -0.2) is 0 Å². The van der Waals surface area contributed by atoms with Gasteiger partial charge in [0.05, 0.1) is 5.97 Å². The molecule has 0 N–H and O–H groups in total. The second-order valence-corrected chi connectivity index (χ2v) is 3.79. The summed E-state index contributed by atoms with van der Waals surface area (Å²) in [4.78, 5) is 10.6. The summed E-state index contributed by atoms with van der Waals surface area (Å²) in [7, 11) is 0. The van der Waals surface area contributed by atoms with Crippen LogP contribution in [-0.4, -0.2) is 11.6 Å². The summed E-state index contributed by atoms with van der Waals surface area (Å²) in [6.07, 6.45) is 0. The van der Waals surface area contributed by atoms with Crippen LogP contribution in [0.3, 0.4) is 0 Å². The molecule has 1 rings (SSSR count). The number of carbonyl (C=O) groups is 1. The molecule has 0 saturated heterocycles. The summed E-state index contributed by atoms with van der Waals surface area (Å²) >= 11 is 5.66. The Morgan fingerprint density at radius 1 is 1.33 bits per heavy atom. The zero-order chi connectivity index (χ0) is 10.8. The molecule has 0 atom stereocenters. The summed E-state index contributed by atoms with van der Waals surface area (Å²) in [6, 6.07) is 6.46. The van der Waals surface area contributed by atoms with Gasteiger partial charge in [-0.1, -0.05) is 11.6 Å². The fourth-order valence-corrected chi connectivity index (χ4v) is 0.965. The van der Waals surface area contributed by atoms with E-state index in [-0.39, 0.29) is 29.6 Å². The second-order valence-electron chi connectivity index (χ2n) is 3.35. The van der Waals surface area contributed by atoms with Crippen molar-refractivity contribution in [1.82, 2.24) is 0 Å². The van der Waals surface area contributed by atoms with Crippen molar-refractivity contribution in [1.29, 1.82) is 0 Å². The number of ether oxygens (including phenoxy) is 1. The summed E-state index contributed by atoms with van der Waals surface area (Å²) in [5.74, 6) is -0.809. The Bertz CT molecular complexity index is 335. The molecule has 0 amide bonds. The van der Waals surface area contributed by atoms with E-state index in [2.05, 4.69) is 0 Å². The zero-order valence-electron chi connectivity index (χ0n) is 8.91. The first kappa shape index (κ1) is 14.8. The molecular formula is C10H10ClNaO3. The van der Waals surface area contributed by atoms with Crippen molar-refractivity contribution in [2.45, 2.75) is 19.4 Å². The maximum Gasteiger partial charge on any atom is 1.00 e. The maximum atomic E-state index is 10.6. The Balaban J connectivity index is 0.00000196. The molecule has 0 radical (unpaired) electrons. The van der Waals surface area contributed by atoms with E-state index in [1.807, 2.05) is 0 Å². The van der Waals surface area contributed by atoms with Crippen LogP contribution in [0.15, 0.2) is 24.3 Å². The molecule has 1 aromatic carbocycles. The van der Waals surface area contributed by atoms with Gasteiger partial charge in [-0.2, -0.15) is 0 Å². The standard InChI is InChI=1S/C10H11ClO3.Na/c1-10(2,9(12)13)14-8-5-3-7(11)4-6-8;/h3-6H,1-2H3,(H,12,13);/q;+1/p-1. The van der Waals surface area contributed by atoms with Crippen LogP contribution in [0.1, 0.15) is 13.8 Å².